The van der Waals surface area contributed by atoms with Gasteiger partial charge >= 0.3 is 13.6 Å². The minimum absolute atomic E-state index is 0.00107. The average Bonchev–Trinajstić information content (AvgIpc) is 2.67. The van der Waals surface area contributed by atoms with E-state index in [1.54, 1.807) is 38.1 Å². The largest absolute Gasteiger partial charge is 0.440 e. The highest BCUT2D eigenvalue weighted by molar-refractivity contribution is 7.54. The van der Waals surface area contributed by atoms with Crippen molar-refractivity contribution in [1.29, 1.82) is 0 Å². The molecule has 0 aliphatic heterocycles. The molecular weight excluding hydrogens is 435 g/mol. The number of esters is 1. The van der Waals surface area contributed by atoms with Crippen molar-refractivity contribution in [3.8, 4) is 0 Å². The van der Waals surface area contributed by atoms with Crippen LogP contribution in [0.15, 0.2) is 30.3 Å². The topological polar surface area (TPSA) is 102 Å². The summed E-state index contributed by atoms with van der Waals surface area (Å²) in [6.45, 7) is 9.99. The zero-order valence-corrected chi connectivity index (χ0v) is 20.7. The highest BCUT2D eigenvalue weighted by Crippen LogP contribution is 2.48. The third-order valence-electron chi connectivity index (χ3n) is 4.22. The van der Waals surface area contributed by atoms with Crippen LogP contribution in [0.5, 0.6) is 0 Å². The fraction of sp³-hybridized carbons (Fsp3) is 0.591. The van der Waals surface area contributed by atoms with Crippen molar-refractivity contribution in [3.63, 3.8) is 0 Å². The van der Waals surface area contributed by atoms with Gasteiger partial charge in [0.05, 0.1) is 19.8 Å². The Bertz CT molecular complexity index is 791. The van der Waals surface area contributed by atoms with E-state index in [0.717, 1.165) is 10.6 Å². The Morgan fingerprint density at radius 2 is 1.53 bits per heavy atom. The number of hydrogen-bond acceptors (Lipinski definition) is 7. The number of nitrogens with zero attached hydrogens (tertiary/aromatic N) is 2. The summed E-state index contributed by atoms with van der Waals surface area (Å²) in [5.41, 5.74) is 0.737. The number of carbonyl (C=O) groups is 3. The summed E-state index contributed by atoms with van der Waals surface area (Å²) < 4.78 is 28.8. The Kier molecular flexibility index (Phi) is 11.6. The molecule has 0 saturated carbocycles. The first-order valence-electron chi connectivity index (χ1n) is 10.7. The van der Waals surface area contributed by atoms with Gasteiger partial charge in [-0.05, 0) is 32.3 Å². The van der Waals surface area contributed by atoms with Gasteiger partial charge in [-0.3, -0.25) is 18.9 Å². The second-order valence-corrected chi connectivity index (χ2v) is 9.64. The second-order valence-electron chi connectivity index (χ2n) is 7.59. The molecule has 0 heterocycles. The molecule has 1 rings (SSSR count). The number of amides is 2. The van der Waals surface area contributed by atoms with E-state index in [0.29, 0.717) is 0 Å². The number of benzene rings is 1. The molecule has 0 radical (unpaired) electrons. The summed E-state index contributed by atoms with van der Waals surface area (Å²) >= 11 is 0. The van der Waals surface area contributed by atoms with E-state index in [4.69, 9.17) is 13.8 Å². The molecule has 0 aliphatic carbocycles. The Morgan fingerprint density at radius 1 is 0.969 bits per heavy atom. The fourth-order valence-corrected chi connectivity index (χ4v) is 4.62. The first-order valence-corrected chi connectivity index (χ1v) is 12.5. The Labute approximate surface area is 190 Å². The lowest BCUT2D eigenvalue weighted by Crippen LogP contribution is -2.55. The van der Waals surface area contributed by atoms with E-state index in [1.807, 2.05) is 19.9 Å². The summed E-state index contributed by atoms with van der Waals surface area (Å²) in [5, 5.41) is 2.29. The molecule has 10 heteroatoms. The van der Waals surface area contributed by atoms with Gasteiger partial charge in [-0.25, -0.2) is 10.0 Å². The molecular formula is C22H35N2O7P. The van der Waals surface area contributed by atoms with Crippen molar-refractivity contribution in [1.82, 2.24) is 10.0 Å². The van der Waals surface area contributed by atoms with Crippen LogP contribution < -0.4 is 0 Å². The Morgan fingerprint density at radius 3 is 2.00 bits per heavy atom. The van der Waals surface area contributed by atoms with Crippen LogP contribution in [0.25, 0.3) is 0 Å². The quantitative estimate of drug-likeness (QED) is 0.197. The highest BCUT2D eigenvalue weighted by Gasteiger charge is 2.37. The van der Waals surface area contributed by atoms with Gasteiger partial charge in [-0.15, -0.1) is 0 Å². The maximum atomic E-state index is 13.4. The van der Waals surface area contributed by atoms with Crippen molar-refractivity contribution >= 4 is 25.4 Å². The van der Waals surface area contributed by atoms with Crippen molar-refractivity contribution < 1.29 is 32.7 Å². The van der Waals surface area contributed by atoms with Crippen molar-refractivity contribution in [2.75, 3.05) is 19.4 Å². The number of hydrogen-bond donors (Lipinski definition) is 0. The molecule has 0 bridgehead atoms. The minimum atomic E-state index is -3.73. The molecule has 0 saturated heterocycles. The van der Waals surface area contributed by atoms with E-state index in [2.05, 4.69) is 0 Å². The van der Waals surface area contributed by atoms with Gasteiger partial charge in [-0.2, -0.15) is 0 Å². The van der Waals surface area contributed by atoms with Crippen LogP contribution in [-0.2, 0) is 39.3 Å². The summed E-state index contributed by atoms with van der Waals surface area (Å²) in [4.78, 5) is 38.1. The summed E-state index contributed by atoms with van der Waals surface area (Å²) in [5.74, 6) is -1.64. The van der Waals surface area contributed by atoms with Crippen molar-refractivity contribution in [2.45, 2.75) is 60.7 Å². The van der Waals surface area contributed by atoms with Crippen LogP contribution in [0.2, 0.25) is 0 Å². The molecule has 0 N–H and O–H groups in total. The first kappa shape index (κ1) is 27.8. The van der Waals surface area contributed by atoms with Gasteiger partial charge in [-0.1, -0.05) is 44.2 Å². The lowest BCUT2D eigenvalue weighted by atomic mass is 10.1. The van der Waals surface area contributed by atoms with Crippen LogP contribution in [0.3, 0.4) is 0 Å². The molecule has 1 aromatic rings. The number of hydrazine groups is 1. The van der Waals surface area contributed by atoms with E-state index < -0.39 is 37.8 Å². The molecule has 1 aromatic carbocycles. The number of carbonyl (C=O) groups excluding carboxylic acids is 3. The highest BCUT2D eigenvalue weighted by atomic mass is 31.2. The predicted octanol–water partition coefficient (Wildman–Crippen LogP) is 3.98. The lowest BCUT2D eigenvalue weighted by molar-refractivity contribution is -0.195. The molecule has 1 unspecified atom stereocenters. The maximum Gasteiger partial charge on any atom is 0.340 e. The number of ether oxygens (including phenoxy) is 1. The second kappa shape index (κ2) is 13.4. The molecule has 180 valence electrons. The predicted molar refractivity (Wildman–Crippen MR) is 120 cm³/mol. The molecule has 9 nitrogen and oxygen atoms in total. The van der Waals surface area contributed by atoms with E-state index in [9.17, 15) is 18.9 Å². The number of rotatable bonds is 12. The monoisotopic (exact) mass is 470 g/mol. The smallest absolute Gasteiger partial charge is 0.340 e. The van der Waals surface area contributed by atoms with Gasteiger partial charge in [0.15, 0.2) is 6.23 Å². The van der Waals surface area contributed by atoms with Crippen molar-refractivity contribution in [2.24, 2.45) is 5.92 Å². The SMILES string of the molecule is CCOP(=O)(CC(=O)N(Cc1ccccc1)N(C(=O)CC(C)C)C(C)OC(C)=O)OCC. The lowest BCUT2D eigenvalue weighted by Gasteiger charge is -2.39. The Balaban J connectivity index is 3.40. The molecule has 0 aliphatic rings. The third kappa shape index (κ3) is 9.10. The summed E-state index contributed by atoms with van der Waals surface area (Å²) in [7, 11) is -3.73. The molecule has 1 atom stereocenters. The van der Waals surface area contributed by atoms with Crippen LogP contribution in [0.1, 0.15) is 53.5 Å². The van der Waals surface area contributed by atoms with Gasteiger partial charge in [0.2, 0.25) is 5.91 Å². The third-order valence-corrected chi connectivity index (χ3v) is 6.18. The summed E-state index contributed by atoms with van der Waals surface area (Å²) in [6.07, 6.45) is -1.48. The molecule has 0 spiro atoms. The molecule has 2 amide bonds. The summed E-state index contributed by atoms with van der Waals surface area (Å²) in [6, 6.07) is 9.04. The maximum absolute atomic E-state index is 13.4. The normalized spacial score (nSPS) is 12.3. The van der Waals surface area contributed by atoms with Gasteiger partial charge in [0.1, 0.15) is 6.16 Å². The van der Waals surface area contributed by atoms with E-state index in [-0.39, 0.29) is 32.1 Å². The zero-order chi connectivity index (χ0) is 24.3. The standard InChI is InChI=1S/C22H35N2O7P/c1-7-29-32(28,30-8-2)16-22(27)23(15-20-12-10-9-11-13-20)24(18(5)31-19(6)25)21(26)14-17(3)4/h9-13,17-18H,7-8,14-16H2,1-6H3. The first-order chi connectivity index (χ1) is 15.0. The van der Waals surface area contributed by atoms with Crippen LogP contribution in [-0.4, -0.2) is 53.4 Å². The van der Waals surface area contributed by atoms with Crippen LogP contribution in [0.4, 0.5) is 0 Å². The average molecular weight is 471 g/mol. The van der Waals surface area contributed by atoms with Gasteiger partial charge in [0.25, 0.3) is 5.91 Å². The molecule has 0 fully saturated rings. The van der Waals surface area contributed by atoms with Crippen LogP contribution in [0, 0.1) is 5.92 Å². The van der Waals surface area contributed by atoms with Crippen LogP contribution >= 0.6 is 7.60 Å². The molecule has 32 heavy (non-hydrogen) atoms. The van der Waals surface area contributed by atoms with Gasteiger partial charge in [0, 0.05) is 13.3 Å². The fourth-order valence-electron chi connectivity index (χ4n) is 3.08. The van der Waals surface area contributed by atoms with Crippen molar-refractivity contribution in [3.05, 3.63) is 35.9 Å². The zero-order valence-electron chi connectivity index (χ0n) is 19.8. The van der Waals surface area contributed by atoms with Gasteiger partial charge < -0.3 is 13.8 Å². The van der Waals surface area contributed by atoms with E-state index in [1.165, 1.54) is 18.9 Å². The Hall–Kier alpha value is -2.22. The minimum Gasteiger partial charge on any atom is -0.440 e. The van der Waals surface area contributed by atoms with E-state index >= 15 is 0 Å². The molecule has 0 aromatic heterocycles.